The summed E-state index contributed by atoms with van der Waals surface area (Å²) in [6.45, 7) is 2.88. The SMILES string of the molecule is CC(C)CC(CC(=O)NO)C(=O)N[C@@H](Cc1cnc[nH]1)C(=O)N[C@@H](Cc1ccc(O)cc1)C(=O)NCC(=O)NCC(=O)N[C@@H](CCCCNC(=O)CCCC[C@@H]1SC[C@@H]2NC(=O)N[C@@H]21)C(N)=O. The van der Waals surface area contributed by atoms with Crippen molar-refractivity contribution in [3.05, 3.63) is 48.0 Å². The Morgan fingerprint density at radius 3 is 2.21 bits per heavy atom. The molecule has 0 bridgehead atoms. The molecule has 4 rings (SSSR count). The van der Waals surface area contributed by atoms with E-state index in [1.165, 1.54) is 42.3 Å². The van der Waals surface area contributed by atoms with Gasteiger partial charge >= 0.3 is 6.03 Å². The number of amides is 10. The van der Waals surface area contributed by atoms with Gasteiger partial charge in [-0.15, -0.1) is 0 Å². The molecule has 368 valence electrons. The van der Waals surface area contributed by atoms with Crippen LogP contribution < -0.4 is 53.7 Å². The number of fused-ring (bicyclic) bond motifs is 1. The maximum atomic E-state index is 13.9. The molecule has 1 aromatic heterocycles. The number of unbranched alkanes of at least 4 members (excludes halogenated alkanes) is 2. The number of carbonyl (C=O) groups is 9. The summed E-state index contributed by atoms with van der Waals surface area (Å²) in [5.41, 5.74) is 8.02. The first-order chi connectivity index (χ1) is 32.0. The van der Waals surface area contributed by atoms with E-state index in [1.54, 1.807) is 0 Å². The van der Waals surface area contributed by atoms with Crippen LogP contribution in [0.3, 0.4) is 0 Å². The van der Waals surface area contributed by atoms with Gasteiger partial charge in [-0.2, -0.15) is 11.8 Å². The Hall–Kier alpha value is -6.43. The summed E-state index contributed by atoms with van der Waals surface area (Å²) in [7, 11) is 0. The second-order valence-corrected chi connectivity index (χ2v) is 18.3. The van der Waals surface area contributed by atoms with E-state index in [0.717, 1.165) is 18.6 Å². The van der Waals surface area contributed by atoms with Crippen LogP contribution in [0.25, 0.3) is 0 Å². The van der Waals surface area contributed by atoms with Gasteiger partial charge in [0.25, 0.3) is 0 Å². The number of hydroxylamine groups is 1. The summed E-state index contributed by atoms with van der Waals surface area (Å²) >= 11 is 1.83. The minimum absolute atomic E-state index is 0.0251. The third-order valence-electron chi connectivity index (χ3n) is 11.2. The lowest BCUT2D eigenvalue weighted by molar-refractivity contribution is -0.137. The number of phenolic OH excluding ortho intramolecular Hbond substituents is 1. The van der Waals surface area contributed by atoms with Crippen molar-refractivity contribution in [1.82, 2.24) is 58.0 Å². The summed E-state index contributed by atoms with van der Waals surface area (Å²) in [6.07, 6.45) is 6.55. The van der Waals surface area contributed by atoms with Gasteiger partial charge in [0.1, 0.15) is 23.9 Å². The fourth-order valence-corrected chi connectivity index (χ4v) is 9.26. The topological polar surface area (TPSA) is 357 Å². The number of hydrogen-bond donors (Lipinski definition) is 13. The Labute approximate surface area is 392 Å². The third kappa shape index (κ3) is 18.8. The number of aromatic nitrogens is 2. The van der Waals surface area contributed by atoms with Crippen LogP contribution >= 0.6 is 11.8 Å². The van der Waals surface area contributed by atoms with E-state index in [9.17, 15) is 48.3 Å². The quantitative estimate of drug-likeness (QED) is 0.0194. The van der Waals surface area contributed by atoms with Crippen molar-refractivity contribution in [2.45, 2.75) is 120 Å². The number of imidazole rings is 1. The zero-order valence-corrected chi connectivity index (χ0v) is 38.5. The van der Waals surface area contributed by atoms with Gasteiger partial charge in [-0.1, -0.05) is 32.4 Å². The van der Waals surface area contributed by atoms with Crippen LogP contribution in [-0.4, -0.2) is 134 Å². The number of thioether (sulfide) groups is 1. The third-order valence-corrected chi connectivity index (χ3v) is 12.7. The molecule has 0 radical (unpaired) electrons. The molecule has 10 amide bonds. The molecular formula is C43H64N12O11S. The van der Waals surface area contributed by atoms with Crippen LogP contribution in [0.15, 0.2) is 36.8 Å². The lowest BCUT2D eigenvalue weighted by Gasteiger charge is -2.25. The summed E-state index contributed by atoms with van der Waals surface area (Å²) in [5.74, 6) is -5.48. The average molecular weight is 957 g/mol. The van der Waals surface area contributed by atoms with E-state index in [-0.39, 0.29) is 67.8 Å². The van der Waals surface area contributed by atoms with Gasteiger partial charge < -0.3 is 58.4 Å². The summed E-state index contributed by atoms with van der Waals surface area (Å²) < 4.78 is 0. The molecule has 2 aromatic rings. The molecule has 3 heterocycles. The Morgan fingerprint density at radius 2 is 1.52 bits per heavy atom. The highest BCUT2D eigenvalue weighted by molar-refractivity contribution is 8.00. The van der Waals surface area contributed by atoms with Crippen LogP contribution in [-0.2, 0) is 51.2 Å². The number of phenols is 1. The normalized spacial score (nSPS) is 17.9. The molecule has 23 nitrogen and oxygen atoms in total. The maximum absolute atomic E-state index is 13.9. The van der Waals surface area contributed by atoms with Gasteiger partial charge in [0.05, 0.1) is 31.5 Å². The van der Waals surface area contributed by atoms with E-state index in [4.69, 9.17) is 10.9 Å². The lowest BCUT2D eigenvalue weighted by atomic mass is 9.92. The number of nitrogens with one attached hydrogen (secondary N) is 10. The predicted molar refractivity (Wildman–Crippen MR) is 243 cm³/mol. The van der Waals surface area contributed by atoms with E-state index >= 15 is 0 Å². The van der Waals surface area contributed by atoms with Gasteiger partial charge in [0.2, 0.25) is 47.3 Å². The number of urea groups is 1. The molecule has 2 aliphatic rings. The zero-order valence-electron chi connectivity index (χ0n) is 37.7. The van der Waals surface area contributed by atoms with Crippen LogP contribution in [0, 0.1) is 11.8 Å². The number of rotatable bonds is 29. The molecule has 1 aromatic carbocycles. The van der Waals surface area contributed by atoms with Crippen LogP contribution in [0.4, 0.5) is 4.79 Å². The van der Waals surface area contributed by atoms with Crippen molar-refractivity contribution in [1.29, 1.82) is 0 Å². The van der Waals surface area contributed by atoms with Gasteiger partial charge in [0.15, 0.2) is 0 Å². The van der Waals surface area contributed by atoms with E-state index in [0.29, 0.717) is 48.7 Å². The first-order valence-corrected chi connectivity index (χ1v) is 23.4. The molecule has 2 aliphatic heterocycles. The van der Waals surface area contributed by atoms with Crippen molar-refractivity contribution in [2.75, 3.05) is 25.4 Å². The first kappa shape index (κ1) is 53.2. The number of carbonyl (C=O) groups excluding carboxylic acids is 9. The Morgan fingerprint density at radius 1 is 0.806 bits per heavy atom. The Bertz CT molecular complexity index is 2010. The summed E-state index contributed by atoms with van der Waals surface area (Å²) in [6, 6.07) is 2.36. The standard InChI is InChI=1S/C43H64N12O11S/c1-24(2)15-26(17-35(58)55-66)40(62)51-31(18-27-19-45-23-49-27)42(64)52-30(16-25-10-12-28(56)13-11-25)41(63)48-20-36(59)47-21-37(60)50-29(39(44)61)7-5-6-14-46-34(57)9-4-3-8-33-38-32(22-67-33)53-43(65)54-38/h10-13,19,23-24,26,29-33,38,56,66H,3-9,14-18,20-22H2,1-2H3,(H2,44,61)(H,45,49)(H,46,57)(H,47,59)(H,48,63)(H,50,60)(H,51,62)(H,52,64)(H,55,58)(H2,53,54,65)/t26?,29-,30-,31-,32-,33-,38-/m0/s1. The van der Waals surface area contributed by atoms with Gasteiger partial charge in [-0.05, 0) is 62.1 Å². The van der Waals surface area contributed by atoms with Crippen molar-refractivity contribution in [3.8, 4) is 5.75 Å². The molecule has 67 heavy (non-hydrogen) atoms. The smallest absolute Gasteiger partial charge is 0.315 e. The van der Waals surface area contributed by atoms with Crippen molar-refractivity contribution in [3.63, 3.8) is 0 Å². The molecule has 2 saturated heterocycles. The molecule has 2 fully saturated rings. The van der Waals surface area contributed by atoms with E-state index < -0.39 is 78.5 Å². The average Bonchev–Trinajstić information content (AvgIpc) is 4.04. The largest absolute Gasteiger partial charge is 0.508 e. The van der Waals surface area contributed by atoms with Gasteiger partial charge in [-0.3, -0.25) is 43.6 Å². The second kappa shape index (κ2) is 27.3. The maximum Gasteiger partial charge on any atom is 0.315 e. The number of nitrogens with zero attached hydrogens (tertiary/aromatic N) is 1. The van der Waals surface area contributed by atoms with Crippen molar-refractivity contribution < 1.29 is 53.5 Å². The monoisotopic (exact) mass is 956 g/mol. The van der Waals surface area contributed by atoms with Crippen LogP contribution in [0.5, 0.6) is 5.75 Å². The molecule has 0 spiro atoms. The molecule has 24 heteroatoms. The minimum Gasteiger partial charge on any atom is -0.508 e. The fourth-order valence-electron chi connectivity index (χ4n) is 7.71. The van der Waals surface area contributed by atoms with Crippen LogP contribution in [0.1, 0.15) is 82.9 Å². The number of aromatic amines is 1. The number of aromatic hydroxyl groups is 1. The molecule has 7 atom stereocenters. The van der Waals surface area contributed by atoms with Crippen LogP contribution in [0.2, 0.25) is 0 Å². The molecule has 1 unspecified atom stereocenters. The van der Waals surface area contributed by atoms with Crippen molar-refractivity contribution in [2.24, 2.45) is 17.6 Å². The number of hydrogen-bond acceptors (Lipinski definition) is 13. The first-order valence-electron chi connectivity index (χ1n) is 22.4. The molecule has 0 aliphatic carbocycles. The Balaban J connectivity index is 1.22. The lowest BCUT2D eigenvalue weighted by Crippen LogP contribution is -2.56. The van der Waals surface area contributed by atoms with Gasteiger partial charge in [0, 0.05) is 61.0 Å². The second-order valence-electron chi connectivity index (χ2n) is 17.1. The number of benzene rings is 1. The summed E-state index contributed by atoms with van der Waals surface area (Å²) in [4.78, 5) is 121. The highest BCUT2D eigenvalue weighted by atomic mass is 32.2. The van der Waals surface area contributed by atoms with E-state index in [2.05, 4.69) is 52.5 Å². The fraction of sp³-hybridized carbons (Fsp3) is 0.581. The highest BCUT2D eigenvalue weighted by Crippen LogP contribution is 2.33. The zero-order chi connectivity index (χ0) is 48.9. The molecule has 0 saturated carbocycles. The highest BCUT2D eigenvalue weighted by Gasteiger charge is 2.42. The Kier molecular flexibility index (Phi) is 21.6. The number of primary amides is 1. The van der Waals surface area contributed by atoms with Gasteiger partial charge in [-0.25, -0.2) is 15.3 Å². The minimum atomic E-state index is -1.32. The van der Waals surface area contributed by atoms with Crippen molar-refractivity contribution >= 4 is 65.1 Å². The van der Waals surface area contributed by atoms with E-state index in [1.807, 2.05) is 25.6 Å². The molecular weight excluding hydrogens is 893 g/mol. The molecule has 14 N–H and O–H groups in total. The number of H-pyrrole nitrogens is 1. The summed E-state index contributed by atoms with van der Waals surface area (Å²) in [5, 5.41) is 40.5. The number of nitrogens with two attached hydrogens (primary N) is 1. The predicted octanol–water partition coefficient (Wildman–Crippen LogP) is -1.36.